The first-order chi connectivity index (χ1) is 22.8. The van der Waals surface area contributed by atoms with Crippen molar-refractivity contribution in [2.75, 3.05) is 32.8 Å². The Morgan fingerprint density at radius 1 is 1.28 bits per heavy atom. The van der Waals surface area contributed by atoms with Crippen LogP contribution in [0.3, 0.4) is 0 Å². The molecule has 4 aliphatic carbocycles. The predicted octanol–water partition coefficient (Wildman–Crippen LogP) is 5.11. The lowest BCUT2D eigenvalue weighted by atomic mass is 9.63. The van der Waals surface area contributed by atoms with Crippen LogP contribution in [0.25, 0.3) is 0 Å². The number of aliphatic imine (C=N–C) groups is 1. The van der Waals surface area contributed by atoms with Crippen molar-refractivity contribution in [1.29, 1.82) is 0 Å². The Bertz CT molecular complexity index is 1350. The van der Waals surface area contributed by atoms with Crippen molar-refractivity contribution in [3.05, 3.63) is 71.4 Å². The predicted molar refractivity (Wildman–Crippen MR) is 187 cm³/mol. The van der Waals surface area contributed by atoms with Crippen LogP contribution in [0.15, 0.2) is 58.8 Å². The van der Waals surface area contributed by atoms with Crippen molar-refractivity contribution in [2.24, 2.45) is 28.2 Å². The fraction of sp³-hybridized carbons (Fsp3) is 0.615. The van der Waals surface area contributed by atoms with Crippen LogP contribution >= 0.6 is 0 Å². The van der Waals surface area contributed by atoms with Crippen LogP contribution in [-0.4, -0.2) is 76.9 Å². The number of hydrogen-bond acceptors (Lipinski definition) is 7. The average Bonchev–Trinajstić information content (AvgIpc) is 3.78. The number of phenolic OH excluding ortho intramolecular Hbond substituents is 1. The number of likely N-dealkylation sites (N-methyl/N-ethyl adjacent to an activating group) is 1. The number of unbranched alkanes of at least 4 members (excludes halogenated alkanes) is 1. The molecule has 1 aromatic rings. The maximum atomic E-state index is 10.7. The number of aliphatic hydroxyl groups excluding tert-OH is 2. The lowest BCUT2D eigenvalue weighted by molar-refractivity contribution is -0.0550. The van der Waals surface area contributed by atoms with Gasteiger partial charge in [-0.25, -0.2) is 0 Å². The molecule has 0 saturated heterocycles. The number of benzene rings is 1. The average molecular weight is 647 g/mol. The monoisotopic (exact) mass is 646 g/mol. The quantitative estimate of drug-likeness (QED) is 0.0913. The van der Waals surface area contributed by atoms with E-state index in [1.165, 1.54) is 37.3 Å². The molecule has 0 amide bonds. The van der Waals surface area contributed by atoms with E-state index >= 15 is 0 Å². The van der Waals surface area contributed by atoms with Gasteiger partial charge >= 0.3 is 0 Å². The van der Waals surface area contributed by atoms with Gasteiger partial charge in [0.25, 0.3) is 0 Å². The largest absolute Gasteiger partial charge is 0.504 e. The fourth-order valence-electron chi connectivity index (χ4n) is 8.73. The highest BCUT2D eigenvalue weighted by atomic mass is 16.5. The van der Waals surface area contributed by atoms with E-state index in [1.54, 1.807) is 6.07 Å². The Morgan fingerprint density at radius 2 is 2.15 bits per heavy atom. The van der Waals surface area contributed by atoms with Crippen LogP contribution in [-0.2, 0) is 6.42 Å². The van der Waals surface area contributed by atoms with Crippen LogP contribution in [0.4, 0.5) is 0 Å². The van der Waals surface area contributed by atoms with Gasteiger partial charge in [-0.1, -0.05) is 44.9 Å². The van der Waals surface area contributed by atoms with Crippen LogP contribution in [0.5, 0.6) is 11.5 Å². The molecule has 0 radical (unpaired) electrons. The van der Waals surface area contributed by atoms with E-state index in [0.717, 1.165) is 68.1 Å². The number of nitrogens with zero attached hydrogens (tertiary/aromatic N) is 1. The summed E-state index contributed by atoms with van der Waals surface area (Å²) in [5.41, 5.74) is 4.47. The summed E-state index contributed by atoms with van der Waals surface area (Å²) in [6.07, 6.45) is 19.8. The molecule has 8 heteroatoms. The van der Waals surface area contributed by atoms with Crippen LogP contribution in [0.1, 0.15) is 77.7 Å². The summed E-state index contributed by atoms with van der Waals surface area (Å²) in [5, 5.41) is 37.7. The molecule has 2 fully saturated rings. The minimum Gasteiger partial charge on any atom is -0.504 e. The number of ether oxygens (including phenoxy) is 2. The number of phenols is 1. The highest BCUT2D eigenvalue weighted by Crippen LogP contribution is 2.61. The molecule has 8 nitrogen and oxygen atoms in total. The van der Waals surface area contributed by atoms with E-state index in [9.17, 15) is 15.3 Å². The second-order valence-electron chi connectivity index (χ2n) is 14.4. The summed E-state index contributed by atoms with van der Waals surface area (Å²) < 4.78 is 11.2. The fourth-order valence-corrected chi connectivity index (χ4v) is 8.73. The smallest absolute Gasteiger partial charge is 0.196 e. The van der Waals surface area contributed by atoms with Crippen LogP contribution < -0.4 is 15.4 Å². The van der Waals surface area contributed by atoms with E-state index in [-0.39, 0.29) is 36.0 Å². The summed E-state index contributed by atoms with van der Waals surface area (Å²) >= 11 is 0. The normalized spacial score (nSPS) is 28.9. The summed E-state index contributed by atoms with van der Waals surface area (Å²) in [7, 11) is 0. The topological polar surface area (TPSA) is 119 Å². The van der Waals surface area contributed by atoms with Crippen LogP contribution in [0, 0.1) is 35.2 Å². The number of aryl methyl sites for hydroxylation is 1. The van der Waals surface area contributed by atoms with Gasteiger partial charge in [0.1, 0.15) is 24.7 Å². The van der Waals surface area contributed by atoms with Crippen molar-refractivity contribution in [2.45, 2.75) is 96.8 Å². The van der Waals surface area contributed by atoms with E-state index in [4.69, 9.17) is 14.5 Å². The zero-order valence-corrected chi connectivity index (χ0v) is 28.5. The van der Waals surface area contributed by atoms with Gasteiger partial charge in [-0.2, -0.15) is 0 Å². The second-order valence-corrected chi connectivity index (χ2v) is 14.4. The number of rotatable bonds is 17. The van der Waals surface area contributed by atoms with Gasteiger partial charge in [0.05, 0.1) is 18.1 Å². The van der Waals surface area contributed by atoms with Gasteiger partial charge in [-0.3, -0.25) is 5.32 Å². The number of aliphatic hydroxyl groups is 4. The maximum Gasteiger partial charge on any atom is 0.196 e. The SMILES string of the molecule is CCCCC1[OH+][C-](CCc2ccc(O)c(OC[C@H](NCC)C3=C[C+]4C(=N3)[C@H]3C=C[C@@]5(CCC[C@@H]5C3)[C@H]4CNC[C@H](C)O)c2)C=C1CO. The van der Waals surface area contributed by atoms with Crippen molar-refractivity contribution in [1.82, 2.24) is 10.6 Å². The Kier molecular flexibility index (Phi) is 11.0. The lowest BCUT2D eigenvalue weighted by Crippen LogP contribution is -2.43. The number of aromatic hydroxyl groups is 1. The highest BCUT2D eigenvalue weighted by molar-refractivity contribution is 6.06. The van der Waals surface area contributed by atoms with Gasteiger partial charge < -0.3 is 30.1 Å². The highest BCUT2D eigenvalue weighted by Gasteiger charge is 2.60. The Balaban J connectivity index is 1.13. The van der Waals surface area contributed by atoms with Crippen molar-refractivity contribution in [3.8, 4) is 11.5 Å². The first-order valence-electron chi connectivity index (χ1n) is 18.2. The first kappa shape index (κ1) is 34.1. The van der Waals surface area contributed by atoms with Gasteiger partial charge in [0.15, 0.2) is 28.9 Å². The Labute approximate surface area is 281 Å². The molecule has 6 aliphatic rings. The van der Waals surface area contributed by atoms with Crippen molar-refractivity contribution >= 4 is 5.71 Å². The van der Waals surface area contributed by atoms with Gasteiger partial charge in [-0.05, 0) is 75.6 Å². The minimum atomic E-state index is -0.377. The van der Waals surface area contributed by atoms with E-state index in [2.05, 4.69) is 48.8 Å². The molecule has 2 heterocycles. The molecule has 256 valence electrons. The lowest BCUT2D eigenvalue weighted by Gasteiger charge is -2.39. The zero-order chi connectivity index (χ0) is 33.0. The van der Waals surface area contributed by atoms with E-state index in [1.807, 2.05) is 19.1 Å². The third kappa shape index (κ3) is 7.32. The molecule has 1 spiro atoms. The Hall–Kier alpha value is -2.75. The molecule has 2 saturated carbocycles. The van der Waals surface area contributed by atoms with Gasteiger partial charge in [0.2, 0.25) is 0 Å². The first-order valence-corrected chi connectivity index (χ1v) is 18.2. The molecule has 47 heavy (non-hydrogen) atoms. The number of nitrogens with one attached hydrogen (secondary N) is 2. The molecule has 2 bridgehead atoms. The zero-order valence-electron chi connectivity index (χ0n) is 28.5. The Morgan fingerprint density at radius 3 is 2.94 bits per heavy atom. The molecular formula is C39H56N3O5+. The summed E-state index contributed by atoms with van der Waals surface area (Å²) in [5.74, 6) is 3.33. The summed E-state index contributed by atoms with van der Waals surface area (Å²) in [4.78, 5) is 5.32. The molecule has 1 aromatic carbocycles. The molecule has 1 unspecified atom stereocenters. The summed E-state index contributed by atoms with van der Waals surface area (Å²) in [6.45, 7) is 8.73. The molecule has 7 rings (SSSR count). The number of hydrogen-bond donors (Lipinski definition) is 5. The molecule has 7 atom stereocenters. The summed E-state index contributed by atoms with van der Waals surface area (Å²) in [6, 6.07) is 5.50. The molecule has 0 aromatic heterocycles. The molecule has 6 N–H and O–H groups in total. The maximum absolute atomic E-state index is 10.7. The van der Waals surface area contributed by atoms with Crippen LogP contribution in [0.2, 0.25) is 0 Å². The standard InChI is InChI=1S/C39H55N3O5/c1-4-6-9-36-28(23-43)19-30(47-36)12-10-26-11-13-35(45)37(17-26)46-24-34(41-5-2)33-20-31-32(22-40-21-25(3)44)39-15-7-8-29(39)18-27(14-16-39)38(31)42-33/h11,13-14,16-17,19-20,25,27,29,32,34,36,40-41,43-44,47H,4-10,12,15,18,21-24H2,1-3H3/p+1/t25-,27-,29+,32-,34-,36?,39+/m0/s1. The third-order valence-electron chi connectivity index (χ3n) is 11.1. The number of allylic oxidation sites excluding steroid dienone is 3. The van der Waals surface area contributed by atoms with E-state index in [0.29, 0.717) is 36.7 Å². The second kappa shape index (κ2) is 15.2. The van der Waals surface area contributed by atoms with Gasteiger partial charge in [-0.15, -0.1) is 16.6 Å². The van der Waals surface area contributed by atoms with Crippen molar-refractivity contribution < 1.29 is 24.8 Å². The van der Waals surface area contributed by atoms with Crippen molar-refractivity contribution in [3.63, 3.8) is 0 Å². The minimum absolute atomic E-state index is 0.0616. The van der Waals surface area contributed by atoms with E-state index < -0.39 is 0 Å². The third-order valence-corrected chi connectivity index (χ3v) is 11.1. The molecule has 2 aliphatic heterocycles. The molecular weight excluding hydrogens is 590 g/mol. The van der Waals surface area contributed by atoms with Gasteiger partial charge in [0, 0.05) is 37.5 Å².